The number of hydrogen-bond donors (Lipinski definition) is 2. The first kappa shape index (κ1) is 19.1. The zero-order chi connectivity index (χ0) is 20.2. The smallest absolute Gasteiger partial charge is 0.271 e. The van der Waals surface area contributed by atoms with Gasteiger partial charge in [0.25, 0.3) is 5.91 Å². The highest BCUT2D eigenvalue weighted by Crippen LogP contribution is 2.29. The van der Waals surface area contributed by atoms with Gasteiger partial charge in [-0.15, -0.1) is 0 Å². The Balaban J connectivity index is 1.38. The van der Waals surface area contributed by atoms with E-state index in [0.29, 0.717) is 5.69 Å². The molecule has 8 nitrogen and oxygen atoms in total. The van der Waals surface area contributed by atoms with E-state index in [0.717, 1.165) is 37.0 Å². The second-order valence-electron chi connectivity index (χ2n) is 7.14. The number of hydrogen-bond acceptors (Lipinski definition) is 7. The lowest BCUT2D eigenvalue weighted by Gasteiger charge is -2.30. The molecule has 1 aromatic carbocycles. The Morgan fingerprint density at radius 3 is 2.66 bits per heavy atom. The van der Waals surface area contributed by atoms with Crippen LogP contribution in [0.5, 0.6) is 5.75 Å². The van der Waals surface area contributed by atoms with E-state index in [9.17, 15) is 4.79 Å². The Labute approximate surface area is 168 Å². The van der Waals surface area contributed by atoms with Crippen LogP contribution >= 0.6 is 0 Å². The molecule has 8 heteroatoms. The molecule has 1 saturated carbocycles. The molecule has 2 heterocycles. The third kappa shape index (κ3) is 4.60. The zero-order valence-electron chi connectivity index (χ0n) is 15.9. The van der Waals surface area contributed by atoms with Crippen LogP contribution in [-0.2, 0) is 4.74 Å². The van der Waals surface area contributed by atoms with Crippen LogP contribution in [0.4, 0.5) is 5.82 Å². The summed E-state index contributed by atoms with van der Waals surface area (Å²) in [5, 5.41) is 0. The molecule has 29 heavy (non-hydrogen) atoms. The molecule has 0 bridgehead atoms. The molecule has 150 valence electrons. The molecule has 0 saturated heterocycles. The van der Waals surface area contributed by atoms with Crippen LogP contribution in [0.25, 0.3) is 11.3 Å². The van der Waals surface area contributed by atoms with Gasteiger partial charge in [-0.05, 0) is 43.9 Å². The number of rotatable bonds is 6. The van der Waals surface area contributed by atoms with Gasteiger partial charge in [-0.25, -0.2) is 9.97 Å². The molecule has 1 unspecified atom stereocenters. The number of aromatic nitrogens is 2. The Kier molecular flexibility index (Phi) is 5.53. The minimum Gasteiger partial charge on any atom is -0.490 e. The number of benzene rings is 1. The molecule has 1 aliphatic carbocycles. The van der Waals surface area contributed by atoms with Crippen LogP contribution in [0.15, 0.2) is 47.7 Å². The Morgan fingerprint density at radius 2 is 1.93 bits per heavy atom. The number of carbonyl (C=O) groups is 1. The van der Waals surface area contributed by atoms with Crippen molar-refractivity contribution >= 4 is 17.9 Å². The first-order valence-electron chi connectivity index (χ1n) is 9.63. The minimum absolute atomic E-state index is 0.000428. The van der Waals surface area contributed by atoms with E-state index in [-0.39, 0.29) is 29.8 Å². The minimum atomic E-state index is -0.706. The number of ether oxygens (including phenoxy) is 2. The van der Waals surface area contributed by atoms with Crippen LogP contribution in [0.3, 0.4) is 0 Å². The number of nitrogens with two attached hydrogens (primary N) is 2. The van der Waals surface area contributed by atoms with Crippen molar-refractivity contribution in [2.45, 2.75) is 44.0 Å². The summed E-state index contributed by atoms with van der Waals surface area (Å²) in [6, 6.07) is 7.55. The Bertz CT molecular complexity index is 939. The molecule has 0 radical (unpaired) electrons. The lowest BCUT2D eigenvalue weighted by molar-refractivity contribution is -0.000692. The van der Waals surface area contributed by atoms with E-state index in [2.05, 4.69) is 15.0 Å². The lowest BCUT2D eigenvalue weighted by atomic mass is 9.94. The summed E-state index contributed by atoms with van der Waals surface area (Å²) >= 11 is 0. The van der Waals surface area contributed by atoms with Crippen LogP contribution in [0.1, 0.15) is 36.2 Å². The van der Waals surface area contributed by atoms with Gasteiger partial charge in [-0.1, -0.05) is 12.1 Å². The monoisotopic (exact) mass is 393 g/mol. The third-order valence-corrected chi connectivity index (χ3v) is 5.03. The van der Waals surface area contributed by atoms with Gasteiger partial charge in [-0.2, -0.15) is 0 Å². The maximum atomic E-state index is 11.5. The lowest BCUT2D eigenvalue weighted by Crippen LogP contribution is -2.30. The summed E-state index contributed by atoms with van der Waals surface area (Å²) in [4.78, 5) is 23.8. The third-order valence-electron chi connectivity index (χ3n) is 5.03. The van der Waals surface area contributed by atoms with Crippen molar-refractivity contribution in [1.82, 2.24) is 9.97 Å². The summed E-state index contributed by atoms with van der Waals surface area (Å²) in [5.41, 5.74) is 12.2. The summed E-state index contributed by atoms with van der Waals surface area (Å²) in [5.74, 6) is 0.0616. The van der Waals surface area contributed by atoms with Crippen molar-refractivity contribution in [3.8, 4) is 17.0 Å². The predicted molar refractivity (Wildman–Crippen MR) is 110 cm³/mol. The van der Waals surface area contributed by atoms with Gasteiger partial charge in [0.1, 0.15) is 11.9 Å². The second kappa shape index (κ2) is 8.40. The maximum absolute atomic E-state index is 11.5. The summed E-state index contributed by atoms with van der Waals surface area (Å²) in [6.07, 6.45) is 11.2. The van der Waals surface area contributed by atoms with E-state index >= 15 is 0 Å². The molecule has 4 N–H and O–H groups in total. The number of nitrogens with zero attached hydrogens (tertiary/aromatic N) is 3. The van der Waals surface area contributed by atoms with Gasteiger partial charge in [0.2, 0.25) is 0 Å². The molecule has 4 rings (SSSR count). The molecule has 1 atom stereocenters. The molecular formula is C21H23N5O3. The maximum Gasteiger partial charge on any atom is 0.271 e. The standard InChI is InChI=1S/C21H23N5O3/c22-20-19(21(23)27)26-18(12-25-20)13-2-1-3-16(10-13)28-14-4-6-15(7-5-14)29-17-8-9-24-11-17/h1-3,8-12,14-15,17H,4-7H2,(H2,22,25)(H2,23,27)/t14-,15+,17?. The highest BCUT2D eigenvalue weighted by atomic mass is 16.5. The fourth-order valence-corrected chi connectivity index (χ4v) is 3.55. The van der Waals surface area contributed by atoms with Crippen LogP contribution in [-0.4, -0.2) is 40.4 Å². The number of amides is 1. The van der Waals surface area contributed by atoms with Crippen molar-refractivity contribution in [2.24, 2.45) is 10.7 Å². The van der Waals surface area contributed by atoms with Crippen LogP contribution in [0.2, 0.25) is 0 Å². The molecule has 2 aromatic rings. The summed E-state index contributed by atoms with van der Waals surface area (Å²) < 4.78 is 12.2. The molecule has 2 aliphatic rings. The van der Waals surface area contributed by atoms with Gasteiger partial charge < -0.3 is 20.9 Å². The fourth-order valence-electron chi connectivity index (χ4n) is 3.55. The number of nitrogen functional groups attached to an aromatic ring is 1. The predicted octanol–water partition coefficient (Wildman–Crippen LogP) is 2.50. The average Bonchev–Trinajstić information content (AvgIpc) is 3.23. The molecule has 1 fully saturated rings. The number of anilines is 1. The Hall–Kier alpha value is -3.26. The van der Waals surface area contributed by atoms with Crippen molar-refractivity contribution in [3.63, 3.8) is 0 Å². The van der Waals surface area contributed by atoms with E-state index in [4.69, 9.17) is 20.9 Å². The van der Waals surface area contributed by atoms with E-state index in [1.165, 1.54) is 6.20 Å². The number of aliphatic imine (C=N–C) groups is 1. The first-order chi connectivity index (χ1) is 14.1. The van der Waals surface area contributed by atoms with Crippen molar-refractivity contribution in [2.75, 3.05) is 5.73 Å². The average molecular weight is 393 g/mol. The van der Waals surface area contributed by atoms with Gasteiger partial charge >= 0.3 is 0 Å². The van der Waals surface area contributed by atoms with Gasteiger partial charge in [-0.3, -0.25) is 9.79 Å². The SMILES string of the molecule is NC(=O)c1nc(-c2cccc(O[C@H]3CC[C@@H](OC4C=CN=C4)CC3)c2)cnc1N. The highest BCUT2D eigenvalue weighted by molar-refractivity contribution is 5.95. The van der Waals surface area contributed by atoms with Gasteiger partial charge in [0, 0.05) is 18.0 Å². The van der Waals surface area contributed by atoms with Crippen molar-refractivity contribution in [1.29, 1.82) is 0 Å². The van der Waals surface area contributed by atoms with Crippen molar-refractivity contribution < 1.29 is 14.3 Å². The van der Waals surface area contributed by atoms with Gasteiger partial charge in [0.05, 0.1) is 24.1 Å². The second-order valence-corrected chi connectivity index (χ2v) is 7.14. The van der Waals surface area contributed by atoms with Gasteiger partial charge in [0.15, 0.2) is 11.5 Å². The van der Waals surface area contributed by atoms with E-state index in [1.54, 1.807) is 6.20 Å². The topological polar surface area (TPSA) is 126 Å². The summed E-state index contributed by atoms with van der Waals surface area (Å²) in [6.45, 7) is 0. The van der Waals surface area contributed by atoms with Crippen LogP contribution < -0.4 is 16.2 Å². The van der Waals surface area contributed by atoms with E-state index < -0.39 is 5.91 Å². The first-order valence-corrected chi connectivity index (χ1v) is 9.63. The van der Waals surface area contributed by atoms with E-state index in [1.807, 2.05) is 36.6 Å². The highest BCUT2D eigenvalue weighted by Gasteiger charge is 2.25. The Morgan fingerprint density at radius 1 is 1.14 bits per heavy atom. The molecule has 1 aliphatic heterocycles. The molecular weight excluding hydrogens is 370 g/mol. The van der Waals surface area contributed by atoms with Crippen molar-refractivity contribution in [3.05, 3.63) is 48.4 Å². The molecule has 0 spiro atoms. The number of carbonyl (C=O) groups excluding carboxylic acids is 1. The molecule has 1 aromatic heterocycles. The quantitative estimate of drug-likeness (QED) is 0.776. The van der Waals surface area contributed by atoms with Crippen LogP contribution in [0, 0.1) is 0 Å². The summed E-state index contributed by atoms with van der Waals surface area (Å²) in [7, 11) is 0. The normalized spacial score (nSPS) is 23.2. The fraction of sp³-hybridized carbons (Fsp3) is 0.333. The zero-order valence-corrected chi connectivity index (χ0v) is 15.9. The number of primary amides is 1. The molecule has 1 amide bonds. The largest absolute Gasteiger partial charge is 0.490 e.